The Hall–Kier alpha value is -2.73. The van der Waals surface area contributed by atoms with Crippen molar-refractivity contribution in [3.05, 3.63) is 58.9 Å². The summed E-state index contributed by atoms with van der Waals surface area (Å²) in [5, 5.41) is 14.6. The molecule has 1 N–H and O–H groups in total. The molecule has 0 radical (unpaired) electrons. The molecule has 0 fully saturated rings. The minimum atomic E-state index is -0.332. The van der Waals surface area contributed by atoms with Gasteiger partial charge in [0.15, 0.2) is 0 Å². The van der Waals surface area contributed by atoms with Gasteiger partial charge >= 0.3 is 0 Å². The minimum Gasteiger partial charge on any atom is -0.394 e. The number of carbonyl (C=O) groups excluding carboxylic acids is 1. The van der Waals surface area contributed by atoms with Gasteiger partial charge in [-0.15, -0.1) is 0 Å². The van der Waals surface area contributed by atoms with Crippen LogP contribution in [0.4, 0.5) is 0 Å². The third-order valence-corrected chi connectivity index (χ3v) is 4.83. The molecular weight excluding hydrogens is 318 g/mol. The molecular formula is C19H19N3O3. The van der Waals surface area contributed by atoms with Gasteiger partial charge in [-0.25, -0.2) is 4.98 Å². The first-order valence-corrected chi connectivity index (χ1v) is 8.47. The Morgan fingerprint density at radius 3 is 3.04 bits per heavy atom. The maximum atomic E-state index is 13.1. The van der Waals surface area contributed by atoms with Crippen LogP contribution in [-0.4, -0.2) is 39.2 Å². The quantitative estimate of drug-likeness (QED) is 0.794. The third kappa shape index (κ3) is 2.59. The summed E-state index contributed by atoms with van der Waals surface area (Å²) < 4.78 is 5.18. The van der Waals surface area contributed by atoms with Crippen LogP contribution in [0.2, 0.25) is 0 Å². The Balaban J connectivity index is 1.71. The van der Waals surface area contributed by atoms with Gasteiger partial charge in [0.1, 0.15) is 0 Å². The summed E-state index contributed by atoms with van der Waals surface area (Å²) in [5.41, 5.74) is 3.92. The molecule has 3 heterocycles. The van der Waals surface area contributed by atoms with Crippen LogP contribution in [-0.2, 0) is 12.8 Å². The number of aliphatic hydroxyl groups excluding tert-OH is 1. The second kappa shape index (κ2) is 6.29. The zero-order chi connectivity index (χ0) is 17.4. The van der Waals surface area contributed by atoms with Crippen molar-refractivity contribution >= 4 is 17.0 Å². The molecule has 4 rings (SSSR count). The van der Waals surface area contributed by atoms with Crippen molar-refractivity contribution in [2.45, 2.75) is 25.8 Å². The van der Waals surface area contributed by atoms with E-state index < -0.39 is 0 Å². The molecule has 6 nitrogen and oxygen atoms in total. The SMILES string of the molecule is CCc1noc2ncc(C(=O)N3CCc4ccccc4C3CO)cc12. The summed E-state index contributed by atoms with van der Waals surface area (Å²) in [6, 6.07) is 9.41. The first-order valence-electron chi connectivity index (χ1n) is 8.47. The Kier molecular flexibility index (Phi) is 3.97. The van der Waals surface area contributed by atoms with E-state index in [9.17, 15) is 9.90 Å². The van der Waals surface area contributed by atoms with Gasteiger partial charge in [-0.3, -0.25) is 4.79 Å². The first-order chi connectivity index (χ1) is 12.2. The summed E-state index contributed by atoms with van der Waals surface area (Å²) in [6.07, 6.45) is 3.01. The Morgan fingerprint density at radius 1 is 1.40 bits per heavy atom. The van der Waals surface area contributed by atoms with Gasteiger partial charge in [0.25, 0.3) is 11.6 Å². The number of aliphatic hydroxyl groups is 1. The Bertz CT molecular complexity index is 935. The normalized spacial score (nSPS) is 16.9. The number of hydrogen-bond acceptors (Lipinski definition) is 5. The van der Waals surface area contributed by atoms with Crippen LogP contribution in [0, 0.1) is 0 Å². The zero-order valence-corrected chi connectivity index (χ0v) is 14.0. The van der Waals surface area contributed by atoms with E-state index in [1.807, 2.05) is 25.1 Å². The van der Waals surface area contributed by atoms with E-state index in [-0.39, 0.29) is 18.6 Å². The van der Waals surface area contributed by atoms with E-state index in [0.29, 0.717) is 24.2 Å². The van der Waals surface area contributed by atoms with E-state index >= 15 is 0 Å². The van der Waals surface area contributed by atoms with Crippen LogP contribution in [0.1, 0.15) is 40.1 Å². The molecule has 1 aliphatic heterocycles. The second-order valence-corrected chi connectivity index (χ2v) is 6.21. The van der Waals surface area contributed by atoms with Gasteiger partial charge in [0.2, 0.25) is 0 Å². The number of pyridine rings is 1. The molecule has 1 aliphatic rings. The lowest BCUT2D eigenvalue weighted by Gasteiger charge is -2.36. The van der Waals surface area contributed by atoms with E-state index in [0.717, 1.165) is 23.1 Å². The lowest BCUT2D eigenvalue weighted by atomic mass is 9.92. The maximum absolute atomic E-state index is 13.1. The number of aromatic nitrogens is 2. The highest BCUT2D eigenvalue weighted by Gasteiger charge is 2.31. The Morgan fingerprint density at radius 2 is 2.24 bits per heavy atom. The fourth-order valence-corrected chi connectivity index (χ4v) is 3.51. The molecule has 3 aromatic rings. The predicted octanol–water partition coefficient (Wildman–Crippen LogP) is 2.52. The predicted molar refractivity (Wildman–Crippen MR) is 92.2 cm³/mol. The molecule has 1 atom stereocenters. The average Bonchev–Trinajstić information content (AvgIpc) is 3.08. The van der Waals surface area contributed by atoms with E-state index in [1.165, 1.54) is 11.8 Å². The number of benzene rings is 1. The highest BCUT2D eigenvalue weighted by molar-refractivity contribution is 5.97. The van der Waals surface area contributed by atoms with Gasteiger partial charge in [-0.1, -0.05) is 36.3 Å². The molecule has 1 aromatic carbocycles. The molecule has 0 bridgehead atoms. The number of carbonyl (C=O) groups is 1. The Labute approximate surface area is 145 Å². The van der Waals surface area contributed by atoms with Crippen LogP contribution in [0.5, 0.6) is 0 Å². The molecule has 0 aliphatic carbocycles. The lowest BCUT2D eigenvalue weighted by Crippen LogP contribution is -2.41. The molecule has 1 unspecified atom stereocenters. The number of aryl methyl sites for hydroxylation is 1. The molecule has 25 heavy (non-hydrogen) atoms. The average molecular weight is 337 g/mol. The van der Waals surface area contributed by atoms with E-state index in [2.05, 4.69) is 16.2 Å². The number of hydrogen-bond donors (Lipinski definition) is 1. The van der Waals surface area contributed by atoms with E-state index in [4.69, 9.17) is 4.52 Å². The number of fused-ring (bicyclic) bond motifs is 2. The maximum Gasteiger partial charge on any atom is 0.257 e. The van der Waals surface area contributed by atoms with E-state index in [1.54, 1.807) is 11.0 Å². The molecule has 1 amide bonds. The van der Waals surface area contributed by atoms with Crippen molar-refractivity contribution in [2.24, 2.45) is 0 Å². The highest BCUT2D eigenvalue weighted by Crippen LogP contribution is 2.31. The van der Waals surface area contributed by atoms with Crippen molar-refractivity contribution in [3.8, 4) is 0 Å². The monoisotopic (exact) mass is 337 g/mol. The molecule has 6 heteroatoms. The molecule has 0 saturated carbocycles. The van der Waals surface area contributed by atoms with Crippen molar-refractivity contribution in [3.63, 3.8) is 0 Å². The number of nitrogens with zero attached hydrogens (tertiary/aromatic N) is 3. The van der Waals surface area contributed by atoms with Crippen LogP contribution in [0.25, 0.3) is 11.1 Å². The van der Waals surface area contributed by atoms with Gasteiger partial charge in [-0.2, -0.15) is 0 Å². The van der Waals surface area contributed by atoms with Crippen LogP contribution in [0.3, 0.4) is 0 Å². The van der Waals surface area contributed by atoms with Crippen molar-refractivity contribution < 1.29 is 14.4 Å². The van der Waals surface area contributed by atoms with Crippen LogP contribution < -0.4 is 0 Å². The zero-order valence-electron chi connectivity index (χ0n) is 14.0. The standard InChI is InChI=1S/C19H19N3O3/c1-2-16-15-9-13(10-20-18(15)25-21-16)19(24)22-8-7-12-5-3-4-6-14(12)17(22)11-23/h3-6,9-10,17,23H,2,7-8,11H2,1H3. The number of amides is 1. The molecule has 128 valence electrons. The van der Waals surface area contributed by atoms with Gasteiger partial charge in [0.05, 0.1) is 29.3 Å². The van der Waals surface area contributed by atoms with Crippen LogP contribution >= 0.6 is 0 Å². The van der Waals surface area contributed by atoms with Gasteiger partial charge < -0.3 is 14.5 Å². The summed E-state index contributed by atoms with van der Waals surface area (Å²) >= 11 is 0. The smallest absolute Gasteiger partial charge is 0.257 e. The van der Waals surface area contributed by atoms with Crippen molar-refractivity contribution in [2.75, 3.05) is 13.2 Å². The highest BCUT2D eigenvalue weighted by atomic mass is 16.5. The molecule has 0 saturated heterocycles. The number of rotatable bonds is 3. The fourth-order valence-electron chi connectivity index (χ4n) is 3.51. The lowest BCUT2D eigenvalue weighted by molar-refractivity contribution is 0.0568. The first kappa shape index (κ1) is 15.8. The topological polar surface area (TPSA) is 79.5 Å². The second-order valence-electron chi connectivity index (χ2n) is 6.21. The summed E-state index contributed by atoms with van der Waals surface area (Å²) in [6.45, 7) is 2.45. The largest absolute Gasteiger partial charge is 0.394 e. The molecule has 2 aromatic heterocycles. The molecule has 0 spiro atoms. The fraction of sp³-hybridized carbons (Fsp3) is 0.316. The van der Waals surface area contributed by atoms with Crippen molar-refractivity contribution in [1.29, 1.82) is 0 Å². The van der Waals surface area contributed by atoms with Crippen LogP contribution in [0.15, 0.2) is 41.1 Å². The minimum absolute atomic E-state index is 0.105. The van der Waals surface area contributed by atoms with Gasteiger partial charge in [-0.05, 0) is 30.0 Å². The summed E-state index contributed by atoms with van der Waals surface area (Å²) in [5.74, 6) is -0.133. The summed E-state index contributed by atoms with van der Waals surface area (Å²) in [4.78, 5) is 19.0. The third-order valence-electron chi connectivity index (χ3n) is 4.83. The van der Waals surface area contributed by atoms with Gasteiger partial charge in [0, 0.05) is 12.7 Å². The van der Waals surface area contributed by atoms with Crippen molar-refractivity contribution in [1.82, 2.24) is 15.0 Å². The summed E-state index contributed by atoms with van der Waals surface area (Å²) in [7, 11) is 0.